The molecule has 1 amide bonds. The molecule has 0 saturated carbocycles. The van der Waals surface area contributed by atoms with Gasteiger partial charge in [0.25, 0.3) is 0 Å². The number of para-hydroxylation sites is 1. The van der Waals surface area contributed by atoms with Crippen LogP contribution < -0.4 is 10.1 Å². The van der Waals surface area contributed by atoms with Crippen molar-refractivity contribution in [2.45, 2.75) is 5.16 Å². The number of hydrogen-bond donors (Lipinski definition) is 1. The maximum absolute atomic E-state index is 11.7. The number of nitrogens with zero attached hydrogens (tertiary/aromatic N) is 3. The van der Waals surface area contributed by atoms with Crippen LogP contribution in [0, 0.1) is 0 Å². The Labute approximate surface area is 189 Å². The van der Waals surface area contributed by atoms with Crippen LogP contribution in [-0.4, -0.2) is 33.5 Å². The Bertz CT molecular complexity index is 1160. The highest BCUT2D eigenvalue weighted by Gasteiger charge is 2.17. The average molecular weight is 451 g/mol. The van der Waals surface area contributed by atoms with Gasteiger partial charge in [0.1, 0.15) is 11.5 Å². The van der Waals surface area contributed by atoms with Crippen LogP contribution in [0.3, 0.4) is 0 Å². The molecule has 0 unspecified atom stereocenters. The lowest BCUT2D eigenvalue weighted by atomic mass is 10.2. The summed E-state index contributed by atoms with van der Waals surface area (Å²) in [5, 5.41) is 12.6. The van der Waals surface area contributed by atoms with Gasteiger partial charge in [-0.3, -0.25) is 9.36 Å². The van der Waals surface area contributed by atoms with Crippen LogP contribution >= 0.6 is 23.4 Å². The van der Waals surface area contributed by atoms with Crippen molar-refractivity contribution in [3.8, 4) is 28.6 Å². The van der Waals surface area contributed by atoms with Crippen molar-refractivity contribution >= 4 is 29.3 Å². The molecule has 0 spiro atoms. The molecular formula is C23H19ClN4O2S. The lowest BCUT2D eigenvalue weighted by Gasteiger charge is -2.12. The number of hydrogen-bond acceptors (Lipinski definition) is 5. The summed E-state index contributed by atoms with van der Waals surface area (Å²) < 4.78 is 7.81. The highest BCUT2D eigenvalue weighted by atomic mass is 35.5. The number of nitrogens with one attached hydrogen (secondary N) is 1. The molecular weight excluding hydrogens is 432 g/mol. The molecule has 0 bridgehead atoms. The lowest BCUT2D eigenvalue weighted by Crippen LogP contribution is -2.20. The Kier molecular flexibility index (Phi) is 6.54. The van der Waals surface area contributed by atoms with Crippen molar-refractivity contribution in [1.82, 2.24) is 20.1 Å². The maximum Gasteiger partial charge on any atom is 0.230 e. The quantitative estimate of drug-likeness (QED) is 0.391. The number of rotatable bonds is 7. The van der Waals surface area contributed by atoms with Crippen LogP contribution in [0.1, 0.15) is 0 Å². The van der Waals surface area contributed by atoms with Gasteiger partial charge in [-0.25, -0.2) is 0 Å². The van der Waals surface area contributed by atoms with E-state index < -0.39 is 0 Å². The van der Waals surface area contributed by atoms with Crippen LogP contribution in [-0.2, 0) is 4.79 Å². The highest BCUT2D eigenvalue weighted by molar-refractivity contribution is 7.99. The van der Waals surface area contributed by atoms with Gasteiger partial charge >= 0.3 is 0 Å². The van der Waals surface area contributed by atoms with E-state index in [9.17, 15) is 4.79 Å². The monoisotopic (exact) mass is 450 g/mol. The highest BCUT2D eigenvalue weighted by Crippen LogP contribution is 2.30. The normalized spacial score (nSPS) is 10.6. The maximum atomic E-state index is 11.7. The first-order valence-electron chi connectivity index (χ1n) is 9.52. The van der Waals surface area contributed by atoms with Gasteiger partial charge in [-0.2, -0.15) is 0 Å². The first kappa shape index (κ1) is 21.0. The minimum atomic E-state index is -0.0841. The first-order valence-corrected chi connectivity index (χ1v) is 10.9. The van der Waals surface area contributed by atoms with E-state index in [0.717, 1.165) is 22.7 Å². The molecule has 0 aliphatic heterocycles. The predicted octanol–water partition coefficient (Wildman–Crippen LogP) is 5.22. The predicted molar refractivity (Wildman–Crippen MR) is 123 cm³/mol. The molecule has 1 aromatic heterocycles. The minimum absolute atomic E-state index is 0.0841. The number of aromatic nitrogens is 3. The van der Waals surface area contributed by atoms with E-state index in [0.29, 0.717) is 16.0 Å². The van der Waals surface area contributed by atoms with E-state index in [1.165, 1.54) is 11.8 Å². The summed E-state index contributed by atoms with van der Waals surface area (Å²) in [6.07, 6.45) is 0. The van der Waals surface area contributed by atoms with Crippen molar-refractivity contribution in [3.63, 3.8) is 0 Å². The second-order valence-corrected chi connectivity index (χ2v) is 7.90. The van der Waals surface area contributed by atoms with E-state index in [4.69, 9.17) is 16.3 Å². The zero-order valence-electron chi connectivity index (χ0n) is 16.7. The van der Waals surface area contributed by atoms with Crippen LogP contribution in [0.4, 0.5) is 0 Å². The Morgan fingerprint density at radius 1 is 0.968 bits per heavy atom. The fourth-order valence-electron chi connectivity index (χ4n) is 2.87. The molecule has 156 valence electrons. The number of thioether (sulfide) groups is 1. The molecule has 8 heteroatoms. The number of amides is 1. The molecule has 6 nitrogen and oxygen atoms in total. The smallest absolute Gasteiger partial charge is 0.230 e. The van der Waals surface area contributed by atoms with E-state index in [-0.39, 0.29) is 11.7 Å². The zero-order chi connectivity index (χ0) is 21.6. The van der Waals surface area contributed by atoms with Crippen LogP contribution in [0.25, 0.3) is 17.1 Å². The Hall–Kier alpha value is -3.29. The molecule has 0 aliphatic carbocycles. The molecule has 4 rings (SSSR count). The lowest BCUT2D eigenvalue weighted by molar-refractivity contribution is -0.118. The topological polar surface area (TPSA) is 69.0 Å². The second-order valence-electron chi connectivity index (χ2n) is 6.52. The third-order valence-corrected chi connectivity index (χ3v) is 5.60. The summed E-state index contributed by atoms with van der Waals surface area (Å²) in [6, 6.07) is 24.7. The van der Waals surface area contributed by atoms with Crippen LogP contribution in [0.2, 0.25) is 5.02 Å². The molecule has 1 N–H and O–H groups in total. The summed E-state index contributed by atoms with van der Waals surface area (Å²) in [5.41, 5.74) is 1.73. The molecule has 3 aromatic carbocycles. The SMILES string of the molecule is CNC(=O)CSc1nnc(-c2ccc(Cl)cc2)n1-c1ccc(Oc2ccccc2)cc1. The Morgan fingerprint density at radius 2 is 1.65 bits per heavy atom. The summed E-state index contributed by atoms with van der Waals surface area (Å²) in [5.74, 6) is 2.30. The Morgan fingerprint density at radius 3 is 2.32 bits per heavy atom. The minimum Gasteiger partial charge on any atom is -0.457 e. The number of carbonyl (C=O) groups is 1. The fourth-order valence-corrected chi connectivity index (χ4v) is 3.82. The van der Waals surface area contributed by atoms with Gasteiger partial charge < -0.3 is 10.1 Å². The van der Waals surface area contributed by atoms with Gasteiger partial charge in [0.05, 0.1) is 5.75 Å². The van der Waals surface area contributed by atoms with Crippen molar-refractivity contribution in [2.24, 2.45) is 0 Å². The number of ether oxygens (including phenoxy) is 1. The molecule has 0 saturated heterocycles. The summed E-state index contributed by atoms with van der Waals surface area (Å²) >= 11 is 7.36. The number of benzene rings is 3. The molecule has 0 aliphatic rings. The van der Waals surface area contributed by atoms with Crippen LogP contribution in [0.15, 0.2) is 84.0 Å². The molecule has 1 heterocycles. The zero-order valence-corrected chi connectivity index (χ0v) is 18.2. The van der Waals surface area contributed by atoms with Crippen molar-refractivity contribution in [2.75, 3.05) is 12.8 Å². The van der Waals surface area contributed by atoms with E-state index in [1.54, 1.807) is 7.05 Å². The average Bonchev–Trinajstić information content (AvgIpc) is 3.23. The van der Waals surface area contributed by atoms with Crippen molar-refractivity contribution in [1.29, 1.82) is 0 Å². The standard InChI is InChI=1S/C23H19ClN4O2S/c1-25-21(29)15-31-23-27-26-22(16-7-9-17(24)10-8-16)28(23)18-11-13-20(14-12-18)30-19-5-3-2-4-6-19/h2-14H,15H2,1H3,(H,25,29). The van der Waals surface area contributed by atoms with Gasteiger partial charge in [0.2, 0.25) is 5.91 Å². The molecule has 31 heavy (non-hydrogen) atoms. The summed E-state index contributed by atoms with van der Waals surface area (Å²) in [6.45, 7) is 0. The van der Waals surface area contributed by atoms with E-state index in [2.05, 4.69) is 15.5 Å². The molecule has 0 radical (unpaired) electrons. The Balaban J connectivity index is 1.68. The van der Waals surface area contributed by atoms with Gasteiger partial charge in [-0.05, 0) is 60.7 Å². The van der Waals surface area contributed by atoms with E-state index in [1.807, 2.05) is 83.4 Å². The van der Waals surface area contributed by atoms with Crippen molar-refractivity contribution in [3.05, 3.63) is 83.9 Å². The van der Waals surface area contributed by atoms with Gasteiger partial charge in [-0.1, -0.05) is 41.6 Å². The number of carbonyl (C=O) groups excluding carboxylic acids is 1. The fraction of sp³-hybridized carbons (Fsp3) is 0.0870. The van der Waals surface area contributed by atoms with E-state index >= 15 is 0 Å². The van der Waals surface area contributed by atoms with Gasteiger partial charge in [0.15, 0.2) is 11.0 Å². The second kappa shape index (κ2) is 9.68. The van der Waals surface area contributed by atoms with Crippen molar-refractivity contribution < 1.29 is 9.53 Å². The molecule has 0 atom stereocenters. The molecule has 0 fully saturated rings. The largest absolute Gasteiger partial charge is 0.457 e. The van der Waals surface area contributed by atoms with Gasteiger partial charge in [0, 0.05) is 23.3 Å². The summed E-state index contributed by atoms with van der Waals surface area (Å²) in [7, 11) is 1.61. The van der Waals surface area contributed by atoms with Gasteiger partial charge in [-0.15, -0.1) is 10.2 Å². The van der Waals surface area contributed by atoms with Crippen LogP contribution in [0.5, 0.6) is 11.5 Å². The first-order chi connectivity index (χ1) is 15.1. The third kappa shape index (κ3) is 5.07. The number of halogens is 1. The summed E-state index contributed by atoms with van der Waals surface area (Å²) in [4.78, 5) is 11.7. The molecule has 4 aromatic rings. The third-order valence-electron chi connectivity index (χ3n) is 4.42.